The van der Waals surface area contributed by atoms with Crippen molar-refractivity contribution in [3.63, 3.8) is 0 Å². The molecule has 5 N–H and O–H groups in total. The zero-order valence-corrected chi connectivity index (χ0v) is 11.8. The molecule has 0 saturated carbocycles. The molecular weight excluding hydrogens is 258 g/mol. The number of nitrogens with two attached hydrogens (primary N) is 1. The van der Waals surface area contributed by atoms with Gasteiger partial charge in [0, 0.05) is 7.05 Å². The minimum atomic E-state index is -0.500. The van der Waals surface area contributed by atoms with Crippen molar-refractivity contribution in [1.29, 1.82) is 0 Å². The maximum absolute atomic E-state index is 7.98. The summed E-state index contributed by atoms with van der Waals surface area (Å²) in [5.74, 6) is 0. The normalized spacial score (nSPS) is 7.00. The highest BCUT2D eigenvalue weighted by molar-refractivity contribution is 7.80. The van der Waals surface area contributed by atoms with E-state index in [4.69, 9.17) is 10.2 Å². The third kappa shape index (κ3) is 140. The van der Waals surface area contributed by atoms with E-state index in [-0.39, 0.29) is 17.6 Å². The first-order chi connectivity index (χ1) is 6.27. The SMILES string of the molecule is CCN(C)C.CNC(O)=S.Cl.NC(O)=S. The van der Waals surface area contributed by atoms with Gasteiger partial charge >= 0.3 is 0 Å². The molecule has 5 nitrogen and oxygen atoms in total. The molecular formula is C7H20ClN3O2S2. The van der Waals surface area contributed by atoms with Crippen molar-refractivity contribution in [2.75, 3.05) is 27.7 Å². The second-order valence-corrected chi connectivity index (χ2v) is 3.09. The van der Waals surface area contributed by atoms with Crippen molar-refractivity contribution in [3.05, 3.63) is 0 Å². The summed E-state index contributed by atoms with van der Waals surface area (Å²) in [5.41, 5.74) is 4.40. The summed E-state index contributed by atoms with van der Waals surface area (Å²) in [7, 11) is 5.67. The third-order valence-corrected chi connectivity index (χ3v) is 1.05. The predicted octanol–water partition coefficient (Wildman–Crippen LogP) is 0.826. The van der Waals surface area contributed by atoms with Crippen molar-refractivity contribution in [1.82, 2.24) is 10.2 Å². The van der Waals surface area contributed by atoms with Crippen LogP contribution in [0.3, 0.4) is 0 Å². The van der Waals surface area contributed by atoms with E-state index in [0.29, 0.717) is 0 Å². The van der Waals surface area contributed by atoms with Crippen molar-refractivity contribution < 1.29 is 10.2 Å². The Balaban J connectivity index is -0.0000000590. The average Bonchev–Trinajstić information content (AvgIpc) is 2.04. The first-order valence-electron chi connectivity index (χ1n) is 3.81. The van der Waals surface area contributed by atoms with Gasteiger partial charge in [-0.2, -0.15) is 0 Å². The van der Waals surface area contributed by atoms with Crippen LogP contribution in [0, 0.1) is 0 Å². The van der Waals surface area contributed by atoms with Gasteiger partial charge in [-0.3, -0.25) is 0 Å². The van der Waals surface area contributed by atoms with Crippen LogP contribution in [0.5, 0.6) is 0 Å². The lowest BCUT2D eigenvalue weighted by Crippen LogP contribution is -2.12. The van der Waals surface area contributed by atoms with E-state index in [1.807, 2.05) is 0 Å². The summed E-state index contributed by atoms with van der Waals surface area (Å²) in [5, 5.41) is 17.2. The number of hydrogen-bond acceptors (Lipinski definition) is 3. The fraction of sp³-hybridized carbons (Fsp3) is 0.714. The number of nitrogens with one attached hydrogen (secondary N) is 1. The Morgan fingerprint density at radius 2 is 1.47 bits per heavy atom. The fourth-order valence-corrected chi connectivity index (χ4v) is 0. The van der Waals surface area contributed by atoms with Crippen LogP contribution < -0.4 is 11.1 Å². The van der Waals surface area contributed by atoms with Crippen molar-refractivity contribution in [2.24, 2.45) is 5.73 Å². The van der Waals surface area contributed by atoms with Crippen molar-refractivity contribution in [3.8, 4) is 0 Å². The van der Waals surface area contributed by atoms with Crippen molar-refractivity contribution >= 4 is 47.2 Å². The third-order valence-electron chi connectivity index (χ3n) is 0.846. The van der Waals surface area contributed by atoms with Gasteiger partial charge in [-0.15, -0.1) is 12.4 Å². The van der Waals surface area contributed by atoms with Crippen LogP contribution in [0.4, 0.5) is 0 Å². The lowest BCUT2D eigenvalue weighted by Gasteiger charge is -2.00. The molecule has 0 aliphatic rings. The van der Waals surface area contributed by atoms with Crippen LogP contribution in [0.1, 0.15) is 6.92 Å². The Kier molecular flexibility index (Phi) is 30.9. The number of aliphatic hydroxyl groups excluding tert-OH is 2. The Hall–Kier alpha value is -0.370. The molecule has 0 aromatic carbocycles. The number of nitrogens with zero attached hydrogens (tertiary/aromatic N) is 1. The quantitative estimate of drug-likeness (QED) is 0.529. The van der Waals surface area contributed by atoms with E-state index >= 15 is 0 Å². The molecule has 0 aliphatic carbocycles. The molecule has 0 aromatic rings. The van der Waals surface area contributed by atoms with E-state index in [2.05, 4.69) is 61.4 Å². The highest BCUT2D eigenvalue weighted by Gasteiger charge is 1.72. The molecule has 0 heterocycles. The molecule has 0 unspecified atom stereocenters. The number of hydrogen-bond donors (Lipinski definition) is 4. The number of halogens is 1. The number of rotatable bonds is 1. The van der Waals surface area contributed by atoms with Crippen LogP contribution >= 0.6 is 36.8 Å². The van der Waals surface area contributed by atoms with Gasteiger partial charge in [-0.1, -0.05) is 6.92 Å². The molecule has 0 radical (unpaired) electrons. The van der Waals surface area contributed by atoms with Gasteiger partial charge < -0.3 is 26.2 Å². The van der Waals surface area contributed by atoms with Gasteiger partial charge in [-0.25, -0.2) is 0 Å². The van der Waals surface area contributed by atoms with Gasteiger partial charge in [0.25, 0.3) is 10.3 Å². The largest absolute Gasteiger partial charge is 0.487 e. The molecule has 0 amide bonds. The van der Waals surface area contributed by atoms with Gasteiger partial charge in [0.1, 0.15) is 0 Å². The topological polar surface area (TPSA) is 81.8 Å². The maximum Gasteiger partial charge on any atom is 0.253 e. The zero-order chi connectivity index (χ0) is 12.1. The van der Waals surface area contributed by atoms with Crippen LogP contribution in [0.25, 0.3) is 0 Å². The van der Waals surface area contributed by atoms with Gasteiger partial charge in [0.05, 0.1) is 0 Å². The molecule has 0 spiro atoms. The molecule has 0 rings (SSSR count). The molecule has 8 heteroatoms. The molecule has 0 fully saturated rings. The summed E-state index contributed by atoms with van der Waals surface area (Å²) < 4.78 is 0. The molecule has 15 heavy (non-hydrogen) atoms. The van der Waals surface area contributed by atoms with E-state index in [1.165, 1.54) is 0 Å². The van der Waals surface area contributed by atoms with Gasteiger partial charge in [0.15, 0.2) is 0 Å². The Bertz CT molecular complexity index is 155. The second-order valence-electron chi connectivity index (χ2n) is 2.29. The van der Waals surface area contributed by atoms with Crippen LogP contribution in [0.2, 0.25) is 0 Å². The molecule has 0 atom stereocenters. The number of thiocarbonyl (C=S) groups is 2. The summed E-state index contributed by atoms with van der Waals surface area (Å²) in [6.45, 7) is 3.26. The fourth-order valence-electron chi connectivity index (χ4n) is 0. The summed E-state index contributed by atoms with van der Waals surface area (Å²) >= 11 is 8.01. The minimum Gasteiger partial charge on any atom is -0.487 e. The monoisotopic (exact) mass is 277 g/mol. The second kappa shape index (κ2) is 19.2. The highest BCUT2D eigenvalue weighted by Crippen LogP contribution is 1.63. The first kappa shape index (κ1) is 24.1. The zero-order valence-electron chi connectivity index (χ0n) is 9.35. The van der Waals surface area contributed by atoms with Crippen molar-refractivity contribution in [2.45, 2.75) is 6.92 Å². The molecule has 0 saturated heterocycles. The van der Waals surface area contributed by atoms with Crippen LogP contribution in [-0.2, 0) is 0 Å². The Morgan fingerprint density at radius 3 is 1.47 bits per heavy atom. The first-order valence-corrected chi connectivity index (χ1v) is 4.63. The summed E-state index contributed by atoms with van der Waals surface area (Å²) in [6.07, 6.45) is 0. The van der Waals surface area contributed by atoms with E-state index in [9.17, 15) is 0 Å². The average molecular weight is 278 g/mol. The molecule has 0 bridgehead atoms. The summed E-state index contributed by atoms with van der Waals surface area (Å²) in [4.78, 5) is 2.12. The standard InChI is InChI=1S/C4H11N.C2H5NOS.CH3NOS.ClH/c1-4-5(2)3;1-3-2(4)5;2-1(3)4;/h4H2,1-3H3;1H3,(H2,3,4,5);(H3,2,3,4);1H. The highest BCUT2D eigenvalue weighted by atomic mass is 35.5. The maximum atomic E-state index is 7.98. The van der Waals surface area contributed by atoms with E-state index < -0.39 is 5.17 Å². The minimum absolute atomic E-state index is 0. The van der Waals surface area contributed by atoms with Gasteiger partial charge in [-0.05, 0) is 45.1 Å². The Morgan fingerprint density at radius 1 is 1.33 bits per heavy atom. The van der Waals surface area contributed by atoms with Crippen LogP contribution in [0.15, 0.2) is 0 Å². The Labute approximate surface area is 108 Å². The van der Waals surface area contributed by atoms with E-state index in [0.717, 1.165) is 6.54 Å². The lowest BCUT2D eigenvalue weighted by molar-refractivity contribution is 0.434. The van der Waals surface area contributed by atoms with Gasteiger partial charge in [0.2, 0.25) is 0 Å². The molecule has 0 aromatic heterocycles. The number of aliphatic hydroxyl groups is 2. The van der Waals surface area contributed by atoms with E-state index in [1.54, 1.807) is 7.05 Å². The predicted molar refractivity (Wildman–Crippen MR) is 75.2 cm³/mol. The summed E-state index contributed by atoms with van der Waals surface area (Å²) in [6, 6.07) is 0. The smallest absolute Gasteiger partial charge is 0.253 e. The molecule has 94 valence electrons. The lowest BCUT2D eigenvalue weighted by atomic mass is 10.7. The van der Waals surface area contributed by atoms with Crippen LogP contribution in [-0.4, -0.2) is 53.1 Å². The molecule has 0 aliphatic heterocycles.